The van der Waals surface area contributed by atoms with Gasteiger partial charge in [0.1, 0.15) is 0 Å². The van der Waals surface area contributed by atoms with E-state index in [1.165, 1.54) is 22.3 Å². The number of unbranched alkanes of at least 4 members (excludes halogenated alkanes) is 4. The summed E-state index contributed by atoms with van der Waals surface area (Å²) >= 11 is 0. The van der Waals surface area contributed by atoms with E-state index in [1.54, 1.807) is 0 Å². The number of fused-ring (bicyclic) bond motifs is 2. The molecule has 1 aliphatic rings. The normalized spacial score (nSPS) is 11.8. The van der Waals surface area contributed by atoms with E-state index in [2.05, 4.69) is 197 Å². The molecule has 0 atom stereocenters. The molecule has 0 bridgehead atoms. The lowest BCUT2D eigenvalue weighted by atomic mass is 9.91. The highest BCUT2D eigenvalue weighted by Gasteiger charge is 2.27. The van der Waals surface area contributed by atoms with Gasteiger partial charge in [0.05, 0.1) is 34.2 Å². The van der Waals surface area contributed by atoms with Crippen molar-refractivity contribution < 1.29 is 4.74 Å². The molecule has 5 heterocycles. The lowest BCUT2D eigenvalue weighted by Gasteiger charge is -2.33. The van der Waals surface area contributed by atoms with E-state index in [9.17, 15) is 0 Å². The van der Waals surface area contributed by atoms with Gasteiger partial charge < -0.3 is 9.64 Å². The van der Waals surface area contributed by atoms with Crippen LogP contribution in [0.4, 0.5) is 17.1 Å². The van der Waals surface area contributed by atoms with Crippen molar-refractivity contribution in [2.24, 2.45) is 0 Å². The van der Waals surface area contributed by atoms with Crippen LogP contribution < -0.4 is 9.64 Å². The fraction of sp³-hybridized carbons (Fsp3) is 0.242. The third-order valence-corrected chi connectivity index (χ3v) is 13.9. The molecule has 5 aromatic carbocycles. The second-order valence-corrected chi connectivity index (χ2v) is 19.4. The van der Waals surface area contributed by atoms with Gasteiger partial charge in [-0.2, -0.15) is 0 Å². The summed E-state index contributed by atoms with van der Waals surface area (Å²) in [5.41, 5.74) is 20.2. The number of hydrogen-bond acceptors (Lipinski definition) is 6. The van der Waals surface area contributed by atoms with Gasteiger partial charge in [0.25, 0.3) is 0 Å². The lowest BCUT2D eigenvalue weighted by molar-refractivity contribution is 0.477. The summed E-state index contributed by atoms with van der Waals surface area (Å²) in [5, 5.41) is 0. The largest absolute Gasteiger partial charge is 0.453 e. The molecular formula is C66H65N5O. The Balaban J connectivity index is 1.19. The van der Waals surface area contributed by atoms with Crippen LogP contribution in [0.2, 0.25) is 0 Å². The average Bonchev–Trinajstić information content (AvgIpc) is 3.44. The number of hydrogen-bond donors (Lipinski definition) is 0. The molecule has 360 valence electrons. The molecule has 6 nitrogen and oxygen atoms in total. The molecule has 72 heavy (non-hydrogen) atoms. The number of benzene rings is 5. The molecule has 0 saturated carbocycles. The van der Waals surface area contributed by atoms with Gasteiger partial charge in [-0.05, 0) is 199 Å². The summed E-state index contributed by atoms with van der Waals surface area (Å²) in [7, 11) is 0. The Hall–Kier alpha value is -7.70. The minimum Gasteiger partial charge on any atom is -0.453 e. The van der Waals surface area contributed by atoms with Gasteiger partial charge in [0, 0.05) is 52.7 Å². The van der Waals surface area contributed by atoms with Crippen molar-refractivity contribution in [2.75, 3.05) is 4.90 Å². The molecule has 0 radical (unpaired) electrons. The van der Waals surface area contributed by atoms with Crippen LogP contribution in [0.25, 0.3) is 67.3 Å². The second kappa shape index (κ2) is 22.6. The third kappa shape index (κ3) is 10.9. The van der Waals surface area contributed by atoms with E-state index in [1.807, 2.05) is 12.1 Å². The zero-order chi connectivity index (χ0) is 49.2. The number of nitrogens with zero attached hydrogens (tertiary/aromatic N) is 5. The smallest absolute Gasteiger partial charge is 0.151 e. The fourth-order valence-electron chi connectivity index (χ4n) is 9.73. The molecule has 0 unspecified atom stereocenters. The monoisotopic (exact) mass is 944 g/mol. The Kier molecular flexibility index (Phi) is 15.0. The van der Waals surface area contributed by atoms with Gasteiger partial charge in [-0.25, -0.2) is 0 Å². The maximum atomic E-state index is 6.57. The van der Waals surface area contributed by atoms with E-state index in [0.29, 0.717) is 0 Å². The van der Waals surface area contributed by atoms with Crippen LogP contribution in [0.15, 0.2) is 176 Å². The van der Waals surface area contributed by atoms with E-state index in [-0.39, 0.29) is 0 Å². The highest BCUT2D eigenvalue weighted by atomic mass is 16.5. The standard InChI is InChI=1S/C66H65N5O/c1-5-9-17-46-25-29-59(67-42-46)54-34-50(35-55(38-54)60-30-26-47(43-68-60)18-10-6-2)52-33-53(41-58(40-52)71-63-21-13-15-23-65(63)72-66-24-16-14-22-64(66)71)51-36-56(61-31-27-48(44-69-61)19-11-7-3)39-57(37-51)62-32-28-49(45-70-62)20-12-8-4/h13-16,21-45H,5-12,17-20H2,1-4H3. The number of aryl methyl sites for hydroxylation is 4. The Labute approximate surface area is 426 Å². The molecule has 0 fully saturated rings. The van der Waals surface area contributed by atoms with Crippen molar-refractivity contribution in [3.8, 4) is 78.8 Å². The van der Waals surface area contributed by atoms with Crippen LogP contribution in [0.1, 0.15) is 101 Å². The zero-order valence-corrected chi connectivity index (χ0v) is 42.4. The number of pyridine rings is 4. The maximum Gasteiger partial charge on any atom is 0.151 e. The molecular weight excluding hydrogens is 879 g/mol. The molecule has 6 heteroatoms. The van der Waals surface area contributed by atoms with Crippen molar-refractivity contribution in [1.82, 2.24) is 19.9 Å². The van der Waals surface area contributed by atoms with Gasteiger partial charge in [0.15, 0.2) is 11.5 Å². The van der Waals surface area contributed by atoms with E-state index in [4.69, 9.17) is 24.7 Å². The molecule has 4 aromatic heterocycles. The maximum absolute atomic E-state index is 6.57. The summed E-state index contributed by atoms with van der Waals surface area (Å²) in [6.07, 6.45) is 21.5. The molecule has 0 spiro atoms. The number of para-hydroxylation sites is 4. The topological polar surface area (TPSA) is 64.0 Å². The number of rotatable bonds is 19. The second-order valence-electron chi connectivity index (χ2n) is 19.4. The highest BCUT2D eigenvalue weighted by molar-refractivity contribution is 5.92. The first kappa shape index (κ1) is 48.0. The average molecular weight is 944 g/mol. The first-order valence-electron chi connectivity index (χ1n) is 26.4. The minimum atomic E-state index is 0.806. The molecule has 9 aromatic rings. The lowest BCUT2D eigenvalue weighted by Crippen LogP contribution is -2.15. The van der Waals surface area contributed by atoms with Crippen LogP contribution in [0, 0.1) is 0 Å². The van der Waals surface area contributed by atoms with E-state index >= 15 is 0 Å². The molecule has 0 N–H and O–H groups in total. The van der Waals surface area contributed by atoms with Crippen LogP contribution in [0.5, 0.6) is 11.5 Å². The van der Waals surface area contributed by atoms with E-state index < -0.39 is 0 Å². The van der Waals surface area contributed by atoms with Crippen molar-refractivity contribution in [3.63, 3.8) is 0 Å². The fourth-order valence-corrected chi connectivity index (χ4v) is 9.73. The first-order valence-corrected chi connectivity index (χ1v) is 26.4. The SMILES string of the molecule is CCCCc1ccc(-c2cc(-c3cc(-c4cc(-c5ccc(CCCC)cn5)cc(-c5ccc(CCCC)cn5)c4)cc(N4c5ccccc5Oc5ccccc54)c3)cc(-c3ccc(CCCC)cn3)c2)nc1. The Morgan fingerprint density at radius 3 is 0.931 bits per heavy atom. The van der Waals surface area contributed by atoms with Gasteiger partial charge >= 0.3 is 0 Å². The van der Waals surface area contributed by atoms with Crippen molar-refractivity contribution in [1.29, 1.82) is 0 Å². The predicted octanol–water partition coefficient (Wildman–Crippen LogP) is 18.2. The first-order chi connectivity index (χ1) is 35.5. The molecule has 0 saturated heterocycles. The summed E-state index contributed by atoms with van der Waals surface area (Å²) in [4.78, 5) is 22.7. The van der Waals surface area contributed by atoms with Crippen LogP contribution in [0.3, 0.4) is 0 Å². The highest BCUT2D eigenvalue weighted by Crippen LogP contribution is 2.51. The van der Waals surface area contributed by atoms with E-state index in [0.717, 1.165) is 173 Å². The number of anilines is 3. The summed E-state index contributed by atoms with van der Waals surface area (Å²) in [6.45, 7) is 8.94. The van der Waals surface area contributed by atoms with Gasteiger partial charge in [-0.15, -0.1) is 0 Å². The quantitative estimate of drug-likeness (QED) is 0.0805. The van der Waals surface area contributed by atoms with Gasteiger partial charge in [-0.3, -0.25) is 19.9 Å². The molecule has 10 rings (SSSR count). The van der Waals surface area contributed by atoms with Crippen LogP contribution >= 0.6 is 0 Å². The minimum absolute atomic E-state index is 0.806. The van der Waals surface area contributed by atoms with Gasteiger partial charge in [0.2, 0.25) is 0 Å². The Bertz CT molecular complexity index is 2900. The Morgan fingerprint density at radius 2 is 0.625 bits per heavy atom. The summed E-state index contributed by atoms with van der Waals surface area (Å²) < 4.78 is 6.57. The number of aromatic nitrogens is 4. The predicted molar refractivity (Wildman–Crippen MR) is 299 cm³/mol. The third-order valence-electron chi connectivity index (χ3n) is 13.9. The summed E-state index contributed by atoms with van der Waals surface area (Å²) in [5.74, 6) is 1.61. The molecule has 1 aliphatic heterocycles. The molecule has 0 amide bonds. The van der Waals surface area contributed by atoms with Gasteiger partial charge in [-0.1, -0.05) is 102 Å². The van der Waals surface area contributed by atoms with Crippen molar-refractivity contribution in [3.05, 3.63) is 199 Å². The Morgan fingerprint density at radius 1 is 0.333 bits per heavy atom. The summed E-state index contributed by atoms with van der Waals surface area (Å²) in [6, 6.07) is 55.0. The van der Waals surface area contributed by atoms with Crippen LogP contribution in [-0.4, -0.2) is 19.9 Å². The van der Waals surface area contributed by atoms with Crippen molar-refractivity contribution >= 4 is 17.1 Å². The zero-order valence-electron chi connectivity index (χ0n) is 42.4. The number of ether oxygens (including phenoxy) is 1. The van der Waals surface area contributed by atoms with Crippen molar-refractivity contribution in [2.45, 2.75) is 105 Å². The van der Waals surface area contributed by atoms with Crippen LogP contribution in [-0.2, 0) is 25.7 Å². The molecule has 0 aliphatic carbocycles.